The maximum atomic E-state index is 5.32. The van der Waals surface area contributed by atoms with Crippen LogP contribution in [0.2, 0.25) is 0 Å². The second-order valence-corrected chi connectivity index (χ2v) is 5.39. The summed E-state index contributed by atoms with van der Waals surface area (Å²) in [5.41, 5.74) is 0. The molecule has 0 aliphatic carbocycles. The second-order valence-electron chi connectivity index (χ2n) is 5.39. The average molecular weight is 273 g/mol. The van der Waals surface area contributed by atoms with Gasteiger partial charge in [0.15, 0.2) is 0 Å². The Bertz CT molecular complexity index is 188. The molecule has 0 spiro atoms. The number of nitrogens with zero attached hydrogens (tertiary/aromatic N) is 2. The third-order valence-electron chi connectivity index (χ3n) is 3.33. The summed E-state index contributed by atoms with van der Waals surface area (Å²) in [6, 6.07) is 0.625. The lowest BCUT2D eigenvalue weighted by molar-refractivity contribution is 0.143. The van der Waals surface area contributed by atoms with Crippen molar-refractivity contribution in [3.8, 4) is 0 Å². The van der Waals surface area contributed by atoms with Crippen molar-refractivity contribution in [2.75, 3.05) is 60.0 Å². The highest BCUT2D eigenvalue weighted by atomic mass is 16.5. The van der Waals surface area contributed by atoms with E-state index in [9.17, 15) is 0 Å². The Morgan fingerprint density at radius 2 is 1.84 bits per heavy atom. The standard InChI is InChI=1S/C15H35N3O/c1-6-18(15(3)14-17(4)5)12-11-16-10-8-9-13-19-7-2/h15-16H,6-14H2,1-5H3. The van der Waals surface area contributed by atoms with E-state index in [1.807, 2.05) is 6.92 Å². The van der Waals surface area contributed by atoms with Crippen LogP contribution in [0.5, 0.6) is 0 Å². The van der Waals surface area contributed by atoms with Crippen molar-refractivity contribution in [3.05, 3.63) is 0 Å². The Morgan fingerprint density at radius 1 is 1.11 bits per heavy atom. The Labute approximate surface area is 120 Å². The fraction of sp³-hybridized carbons (Fsp3) is 1.00. The van der Waals surface area contributed by atoms with Crippen LogP contribution in [0.25, 0.3) is 0 Å². The monoisotopic (exact) mass is 273 g/mol. The van der Waals surface area contributed by atoms with Crippen LogP contribution >= 0.6 is 0 Å². The van der Waals surface area contributed by atoms with E-state index in [0.29, 0.717) is 6.04 Å². The molecule has 19 heavy (non-hydrogen) atoms. The molecule has 4 heteroatoms. The zero-order valence-electron chi connectivity index (χ0n) is 13.7. The number of unbranched alkanes of at least 4 members (excludes halogenated alkanes) is 1. The summed E-state index contributed by atoms with van der Waals surface area (Å²) in [5, 5.41) is 3.52. The summed E-state index contributed by atoms with van der Waals surface area (Å²) in [6.45, 7) is 13.9. The number of hydrogen-bond donors (Lipinski definition) is 1. The molecule has 0 fully saturated rings. The molecule has 0 saturated heterocycles. The Hall–Kier alpha value is -0.160. The van der Waals surface area contributed by atoms with Gasteiger partial charge in [0.1, 0.15) is 0 Å². The van der Waals surface area contributed by atoms with E-state index in [1.54, 1.807) is 0 Å². The molecule has 116 valence electrons. The Balaban J connectivity index is 3.50. The lowest BCUT2D eigenvalue weighted by Gasteiger charge is -2.30. The molecule has 0 aromatic carbocycles. The van der Waals surface area contributed by atoms with Crippen LogP contribution in [0.4, 0.5) is 0 Å². The zero-order chi connectivity index (χ0) is 14.5. The van der Waals surface area contributed by atoms with Gasteiger partial charge in [0.2, 0.25) is 0 Å². The van der Waals surface area contributed by atoms with E-state index >= 15 is 0 Å². The summed E-state index contributed by atoms with van der Waals surface area (Å²) < 4.78 is 5.32. The van der Waals surface area contributed by atoms with Crippen LogP contribution in [0, 0.1) is 0 Å². The van der Waals surface area contributed by atoms with Crippen molar-refractivity contribution in [1.29, 1.82) is 0 Å². The zero-order valence-corrected chi connectivity index (χ0v) is 13.7. The number of rotatable bonds is 13. The maximum Gasteiger partial charge on any atom is 0.0466 e. The average Bonchev–Trinajstić information content (AvgIpc) is 2.36. The van der Waals surface area contributed by atoms with Gasteiger partial charge in [0, 0.05) is 38.9 Å². The molecule has 4 nitrogen and oxygen atoms in total. The fourth-order valence-corrected chi connectivity index (χ4v) is 2.28. The van der Waals surface area contributed by atoms with Crippen LogP contribution in [0.1, 0.15) is 33.6 Å². The highest BCUT2D eigenvalue weighted by Gasteiger charge is 2.11. The van der Waals surface area contributed by atoms with Crippen LogP contribution in [0.15, 0.2) is 0 Å². The van der Waals surface area contributed by atoms with Crippen molar-refractivity contribution < 1.29 is 4.74 Å². The molecule has 1 N–H and O–H groups in total. The predicted octanol–water partition coefficient (Wildman–Crippen LogP) is 1.66. The first-order valence-corrected chi connectivity index (χ1v) is 7.79. The van der Waals surface area contributed by atoms with Gasteiger partial charge in [-0.05, 0) is 53.9 Å². The second kappa shape index (κ2) is 12.9. The van der Waals surface area contributed by atoms with E-state index < -0.39 is 0 Å². The van der Waals surface area contributed by atoms with Crippen molar-refractivity contribution in [2.45, 2.75) is 39.7 Å². The van der Waals surface area contributed by atoms with Gasteiger partial charge < -0.3 is 15.0 Å². The minimum absolute atomic E-state index is 0.625. The van der Waals surface area contributed by atoms with Gasteiger partial charge in [-0.1, -0.05) is 6.92 Å². The van der Waals surface area contributed by atoms with Crippen molar-refractivity contribution in [3.63, 3.8) is 0 Å². The minimum Gasteiger partial charge on any atom is -0.382 e. The number of ether oxygens (including phenoxy) is 1. The van der Waals surface area contributed by atoms with E-state index in [0.717, 1.165) is 52.4 Å². The van der Waals surface area contributed by atoms with E-state index in [4.69, 9.17) is 4.74 Å². The quantitative estimate of drug-likeness (QED) is 0.517. The van der Waals surface area contributed by atoms with Gasteiger partial charge >= 0.3 is 0 Å². The normalized spacial score (nSPS) is 13.4. The van der Waals surface area contributed by atoms with Gasteiger partial charge in [-0.3, -0.25) is 4.90 Å². The summed E-state index contributed by atoms with van der Waals surface area (Å²) >= 11 is 0. The number of nitrogens with one attached hydrogen (secondary N) is 1. The largest absolute Gasteiger partial charge is 0.382 e. The van der Waals surface area contributed by atoms with Crippen LogP contribution < -0.4 is 5.32 Å². The number of hydrogen-bond acceptors (Lipinski definition) is 4. The summed E-state index contributed by atoms with van der Waals surface area (Å²) in [6.07, 6.45) is 2.37. The van der Waals surface area contributed by atoms with E-state index in [-0.39, 0.29) is 0 Å². The van der Waals surface area contributed by atoms with Crippen molar-refractivity contribution in [1.82, 2.24) is 15.1 Å². The predicted molar refractivity (Wildman–Crippen MR) is 83.9 cm³/mol. The van der Waals surface area contributed by atoms with Gasteiger partial charge in [-0.25, -0.2) is 0 Å². The van der Waals surface area contributed by atoms with Gasteiger partial charge in [-0.15, -0.1) is 0 Å². The van der Waals surface area contributed by atoms with E-state index in [2.05, 4.69) is 43.1 Å². The molecule has 1 atom stereocenters. The topological polar surface area (TPSA) is 27.7 Å². The van der Waals surface area contributed by atoms with Crippen LogP contribution in [-0.4, -0.2) is 75.9 Å². The third kappa shape index (κ3) is 11.4. The van der Waals surface area contributed by atoms with Gasteiger partial charge in [0.05, 0.1) is 0 Å². The van der Waals surface area contributed by atoms with Gasteiger partial charge in [-0.2, -0.15) is 0 Å². The molecule has 0 saturated carbocycles. The molecule has 0 radical (unpaired) electrons. The summed E-state index contributed by atoms with van der Waals surface area (Å²) in [7, 11) is 4.28. The molecule has 0 aliphatic heterocycles. The van der Waals surface area contributed by atoms with Crippen molar-refractivity contribution >= 4 is 0 Å². The molecule has 0 aliphatic rings. The number of likely N-dealkylation sites (N-methyl/N-ethyl adjacent to an activating group) is 2. The smallest absolute Gasteiger partial charge is 0.0466 e. The fourth-order valence-electron chi connectivity index (χ4n) is 2.28. The first-order chi connectivity index (χ1) is 9.11. The highest BCUT2D eigenvalue weighted by molar-refractivity contribution is 4.69. The Kier molecular flexibility index (Phi) is 12.7. The van der Waals surface area contributed by atoms with Crippen LogP contribution in [-0.2, 0) is 4.74 Å². The molecule has 0 heterocycles. The lowest BCUT2D eigenvalue weighted by Crippen LogP contribution is -2.43. The first-order valence-electron chi connectivity index (χ1n) is 7.79. The van der Waals surface area contributed by atoms with Crippen LogP contribution in [0.3, 0.4) is 0 Å². The SMILES string of the molecule is CCOCCCCNCCN(CC)C(C)CN(C)C. The summed E-state index contributed by atoms with van der Waals surface area (Å²) in [5.74, 6) is 0. The maximum absolute atomic E-state index is 5.32. The molecule has 0 aromatic rings. The Morgan fingerprint density at radius 3 is 2.42 bits per heavy atom. The van der Waals surface area contributed by atoms with Crippen molar-refractivity contribution in [2.24, 2.45) is 0 Å². The summed E-state index contributed by atoms with van der Waals surface area (Å²) in [4.78, 5) is 4.79. The van der Waals surface area contributed by atoms with Gasteiger partial charge in [0.25, 0.3) is 0 Å². The third-order valence-corrected chi connectivity index (χ3v) is 3.33. The minimum atomic E-state index is 0.625. The molecule has 0 amide bonds. The molecule has 1 unspecified atom stereocenters. The highest BCUT2D eigenvalue weighted by Crippen LogP contribution is 1.99. The molecule has 0 rings (SSSR count). The molecular formula is C15H35N3O. The lowest BCUT2D eigenvalue weighted by atomic mass is 10.2. The molecule has 0 aromatic heterocycles. The molecule has 0 bridgehead atoms. The first kappa shape index (κ1) is 18.8. The molecular weight excluding hydrogens is 238 g/mol. The van der Waals surface area contributed by atoms with E-state index in [1.165, 1.54) is 6.42 Å².